The molecule has 6 nitrogen and oxygen atoms in total. The highest BCUT2D eigenvalue weighted by Gasteiger charge is 2.10. The molecule has 7 heteroatoms. The normalized spacial score (nSPS) is 18.0. The lowest BCUT2D eigenvalue weighted by molar-refractivity contribution is 0.219. The van der Waals surface area contributed by atoms with E-state index < -0.39 is 0 Å². The van der Waals surface area contributed by atoms with Crippen LogP contribution in [-0.2, 0) is 0 Å². The SMILES string of the molecule is CN1CCN(/C=N/N=C(\C=N/O)c2ccc(F)cc2)CC1. The molecule has 1 aliphatic rings. The van der Waals surface area contributed by atoms with Crippen LogP contribution < -0.4 is 0 Å². The fraction of sp³-hybridized carbons (Fsp3) is 0.357. The molecule has 1 fully saturated rings. The van der Waals surface area contributed by atoms with Crippen molar-refractivity contribution in [1.29, 1.82) is 0 Å². The largest absolute Gasteiger partial charge is 0.411 e. The lowest BCUT2D eigenvalue weighted by Gasteiger charge is -2.30. The third kappa shape index (κ3) is 4.64. The van der Waals surface area contributed by atoms with Crippen molar-refractivity contribution in [2.75, 3.05) is 33.2 Å². The van der Waals surface area contributed by atoms with Crippen LogP contribution >= 0.6 is 0 Å². The molecule has 1 aromatic rings. The van der Waals surface area contributed by atoms with Crippen LogP contribution in [0.1, 0.15) is 5.56 Å². The summed E-state index contributed by atoms with van der Waals surface area (Å²) in [5.74, 6) is -0.333. The molecule has 0 saturated carbocycles. The topological polar surface area (TPSA) is 63.8 Å². The smallest absolute Gasteiger partial charge is 0.123 e. The maximum absolute atomic E-state index is 12.9. The van der Waals surface area contributed by atoms with Crippen LogP contribution in [0.2, 0.25) is 0 Å². The van der Waals surface area contributed by atoms with Gasteiger partial charge in [-0.1, -0.05) is 5.16 Å². The zero-order valence-electron chi connectivity index (χ0n) is 11.9. The van der Waals surface area contributed by atoms with E-state index in [1.807, 2.05) is 0 Å². The molecule has 0 aliphatic carbocycles. The van der Waals surface area contributed by atoms with Gasteiger partial charge in [0.1, 0.15) is 17.9 Å². The Kier molecular flexibility index (Phi) is 5.39. The summed E-state index contributed by atoms with van der Waals surface area (Å²) in [6, 6.07) is 5.75. The van der Waals surface area contributed by atoms with Crippen LogP contribution in [0.3, 0.4) is 0 Å². The first-order valence-corrected chi connectivity index (χ1v) is 6.66. The van der Waals surface area contributed by atoms with Gasteiger partial charge < -0.3 is 15.0 Å². The Morgan fingerprint density at radius 1 is 1.19 bits per heavy atom. The van der Waals surface area contributed by atoms with Crippen molar-refractivity contribution in [1.82, 2.24) is 9.80 Å². The van der Waals surface area contributed by atoms with Crippen molar-refractivity contribution in [3.8, 4) is 0 Å². The van der Waals surface area contributed by atoms with Gasteiger partial charge >= 0.3 is 0 Å². The maximum Gasteiger partial charge on any atom is 0.123 e. The fourth-order valence-electron chi connectivity index (χ4n) is 1.93. The molecule has 1 N–H and O–H groups in total. The number of piperazine rings is 1. The second-order valence-electron chi connectivity index (χ2n) is 4.81. The molecule has 1 heterocycles. The van der Waals surface area contributed by atoms with E-state index in [0.717, 1.165) is 26.2 Å². The van der Waals surface area contributed by atoms with Gasteiger partial charge in [-0.25, -0.2) is 4.39 Å². The molecule has 21 heavy (non-hydrogen) atoms. The second kappa shape index (κ2) is 7.49. The van der Waals surface area contributed by atoms with Gasteiger partial charge in [0.15, 0.2) is 0 Å². The maximum atomic E-state index is 12.9. The summed E-state index contributed by atoms with van der Waals surface area (Å²) in [6.45, 7) is 3.77. The van der Waals surface area contributed by atoms with Gasteiger partial charge in [-0.3, -0.25) is 0 Å². The van der Waals surface area contributed by atoms with Crippen LogP contribution in [0, 0.1) is 5.82 Å². The van der Waals surface area contributed by atoms with Crippen LogP contribution in [0.4, 0.5) is 4.39 Å². The van der Waals surface area contributed by atoms with Crippen LogP contribution in [-0.4, -0.2) is 66.5 Å². The van der Waals surface area contributed by atoms with E-state index in [1.165, 1.54) is 18.3 Å². The molecule has 0 bridgehead atoms. The van der Waals surface area contributed by atoms with E-state index in [4.69, 9.17) is 5.21 Å². The minimum atomic E-state index is -0.333. The summed E-state index contributed by atoms with van der Waals surface area (Å²) in [5, 5.41) is 19.7. The molecule has 0 unspecified atom stereocenters. The van der Waals surface area contributed by atoms with E-state index in [0.29, 0.717) is 11.3 Å². The second-order valence-corrected chi connectivity index (χ2v) is 4.81. The Hall–Kier alpha value is -2.28. The van der Waals surface area contributed by atoms with E-state index in [2.05, 4.69) is 32.2 Å². The molecule has 112 valence electrons. The molecule has 0 aromatic heterocycles. The molecule has 1 aromatic carbocycles. The number of nitrogens with zero attached hydrogens (tertiary/aromatic N) is 5. The predicted molar refractivity (Wildman–Crippen MR) is 80.8 cm³/mol. The monoisotopic (exact) mass is 291 g/mol. The van der Waals surface area contributed by atoms with E-state index in [-0.39, 0.29) is 5.82 Å². The first kappa shape index (κ1) is 15.1. The quantitative estimate of drug-likeness (QED) is 0.393. The molecule has 0 amide bonds. The number of halogens is 1. The van der Waals surface area contributed by atoms with Crippen molar-refractivity contribution in [3.63, 3.8) is 0 Å². The standard InChI is InChI=1S/C14H18FN5O/c1-19-6-8-20(9-7-19)11-16-18-14(10-17-21)12-2-4-13(15)5-3-12/h2-5,10-11,21H,6-9H2,1H3/b16-11+,17-10-,18-14+. The Bertz CT molecular complexity index is 533. The van der Waals surface area contributed by atoms with Crippen LogP contribution in [0.15, 0.2) is 39.6 Å². The summed E-state index contributed by atoms with van der Waals surface area (Å²) in [7, 11) is 2.08. The van der Waals surface area contributed by atoms with Gasteiger partial charge in [-0.15, -0.1) is 10.2 Å². The van der Waals surface area contributed by atoms with E-state index >= 15 is 0 Å². The summed E-state index contributed by atoms with van der Waals surface area (Å²) >= 11 is 0. The van der Waals surface area contributed by atoms with Crippen molar-refractivity contribution < 1.29 is 9.60 Å². The molecule has 1 aliphatic heterocycles. The highest BCUT2D eigenvalue weighted by Crippen LogP contribution is 2.04. The van der Waals surface area contributed by atoms with E-state index in [1.54, 1.807) is 18.5 Å². The van der Waals surface area contributed by atoms with E-state index in [9.17, 15) is 4.39 Å². The summed E-state index contributed by atoms with van der Waals surface area (Å²) in [5.41, 5.74) is 0.993. The van der Waals surface area contributed by atoms with Gasteiger partial charge in [0.25, 0.3) is 0 Å². The Balaban J connectivity index is 2.05. The molecular formula is C14H18FN5O. The average Bonchev–Trinajstić information content (AvgIpc) is 2.49. The summed E-state index contributed by atoms with van der Waals surface area (Å²) in [6.07, 6.45) is 2.84. The van der Waals surface area contributed by atoms with Crippen molar-refractivity contribution in [3.05, 3.63) is 35.6 Å². The van der Waals surface area contributed by atoms with Crippen molar-refractivity contribution in [2.24, 2.45) is 15.4 Å². The highest BCUT2D eigenvalue weighted by atomic mass is 19.1. The first-order chi connectivity index (χ1) is 10.2. The molecule has 0 atom stereocenters. The molecule has 1 saturated heterocycles. The number of rotatable bonds is 4. The molecule has 2 rings (SSSR count). The average molecular weight is 291 g/mol. The number of hydrogen-bond acceptors (Lipinski definition) is 5. The number of likely N-dealkylation sites (N-methyl/N-ethyl adjacent to an activating group) is 1. The number of benzene rings is 1. The minimum absolute atomic E-state index is 0.333. The molecule has 0 spiro atoms. The zero-order valence-corrected chi connectivity index (χ0v) is 11.9. The highest BCUT2D eigenvalue weighted by molar-refractivity contribution is 6.38. The fourth-order valence-corrected chi connectivity index (χ4v) is 1.93. The minimum Gasteiger partial charge on any atom is -0.411 e. The lowest BCUT2D eigenvalue weighted by Crippen LogP contribution is -2.43. The van der Waals surface area contributed by atoms with Gasteiger partial charge in [-0.05, 0) is 31.3 Å². The Morgan fingerprint density at radius 3 is 2.48 bits per heavy atom. The molecular weight excluding hydrogens is 273 g/mol. The van der Waals surface area contributed by atoms with Gasteiger partial charge in [0, 0.05) is 31.7 Å². The lowest BCUT2D eigenvalue weighted by atomic mass is 10.1. The summed E-state index contributed by atoms with van der Waals surface area (Å²) < 4.78 is 12.9. The molecule has 0 radical (unpaired) electrons. The third-order valence-electron chi connectivity index (χ3n) is 3.24. The van der Waals surface area contributed by atoms with Gasteiger partial charge in [-0.2, -0.15) is 0 Å². The summed E-state index contributed by atoms with van der Waals surface area (Å²) in [4.78, 5) is 4.32. The number of oxime groups is 1. The Morgan fingerprint density at radius 2 is 1.86 bits per heavy atom. The Labute approximate surface area is 122 Å². The van der Waals surface area contributed by atoms with Crippen molar-refractivity contribution in [2.45, 2.75) is 0 Å². The first-order valence-electron chi connectivity index (χ1n) is 6.66. The third-order valence-corrected chi connectivity index (χ3v) is 3.24. The predicted octanol–water partition coefficient (Wildman–Crippen LogP) is 1.27. The number of hydrogen-bond donors (Lipinski definition) is 1. The van der Waals surface area contributed by atoms with Crippen molar-refractivity contribution >= 4 is 18.3 Å². The van der Waals surface area contributed by atoms with Gasteiger partial charge in [0.05, 0.1) is 6.21 Å². The van der Waals surface area contributed by atoms with Gasteiger partial charge in [0.2, 0.25) is 0 Å². The van der Waals surface area contributed by atoms with Crippen LogP contribution in [0.25, 0.3) is 0 Å². The zero-order chi connectivity index (χ0) is 15.1. The van der Waals surface area contributed by atoms with Crippen LogP contribution in [0.5, 0.6) is 0 Å².